The van der Waals surface area contributed by atoms with Crippen molar-refractivity contribution >= 4 is 87.0 Å². The highest BCUT2D eigenvalue weighted by Gasteiger charge is 2.23. The van der Waals surface area contributed by atoms with Crippen molar-refractivity contribution in [3.05, 3.63) is 158 Å². The SMILES string of the molecule is c1cnc2c(c1)ccc1cccc(-n3c4ccccc4c4c3ccc3c5ccccc5n(-c5cccc6ccc7cccnc7c56)c34)c12. The summed E-state index contributed by atoms with van der Waals surface area (Å²) in [7, 11) is 0. The molecule has 4 nitrogen and oxygen atoms in total. The van der Waals surface area contributed by atoms with Crippen LogP contribution in [0, 0.1) is 0 Å². The predicted molar refractivity (Wildman–Crippen MR) is 201 cm³/mol. The fourth-order valence-electron chi connectivity index (χ4n) is 8.18. The van der Waals surface area contributed by atoms with E-state index >= 15 is 0 Å². The Morgan fingerprint density at radius 2 is 0.875 bits per heavy atom. The van der Waals surface area contributed by atoms with Crippen LogP contribution in [0.25, 0.3) is 98.3 Å². The lowest BCUT2D eigenvalue weighted by Gasteiger charge is -2.15. The molecule has 0 N–H and O–H groups in total. The maximum atomic E-state index is 4.93. The van der Waals surface area contributed by atoms with Gasteiger partial charge in [0.1, 0.15) is 0 Å². The quantitative estimate of drug-likeness (QED) is 0.183. The van der Waals surface area contributed by atoms with Crippen LogP contribution in [0.2, 0.25) is 0 Å². The molecular formula is C44H26N4. The average molecular weight is 611 g/mol. The molecule has 0 bridgehead atoms. The predicted octanol–water partition coefficient (Wildman–Crippen LogP) is 11.3. The number of hydrogen-bond acceptors (Lipinski definition) is 2. The maximum Gasteiger partial charge on any atom is 0.0801 e. The van der Waals surface area contributed by atoms with Gasteiger partial charge in [0.15, 0.2) is 0 Å². The summed E-state index contributed by atoms with van der Waals surface area (Å²) < 4.78 is 4.93. The zero-order valence-electron chi connectivity index (χ0n) is 25.8. The molecule has 4 heteroatoms. The minimum Gasteiger partial charge on any atom is -0.308 e. The Kier molecular flexibility index (Phi) is 5.08. The molecule has 11 rings (SSSR count). The molecule has 0 fully saturated rings. The van der Waals surface area contributed by atoms with Crippen molar-refractivity contribution in [2.45, 2.75) is 0 Å². The van der Waals surface area contributed by atoms with Gasteiger partial charge in [-0.1, -0.05) is 103 Å². The molecule has 0 aliphatic heterocycles. The second-order valence-corrected chi connectivity index (χ2v) is 12.6. The Bertz CT molecular complexity index is 3130. The number of pyridine rings is 2. The van der Waals surface area contributed by atoms with E-state index in [4.69, 9.17) is 9.97 Å². The van der Waals surface area contributed by atoms with Gasteiger partial charge in [0.05, 0.1) is 44.5 Å². The lowest BCUT2D eigenvalue weighted by atomic mass is 10.0. The van der Waals surface area contributed by atoms with Crippen molar-refractivity contribution in [3.63, 3.8) is 0 Å². The van der Waals surface area contributed by atoms with E-state index in [-0.39, 0.29) is 0 Å². The topological polar surface area (TPSA) is 35.6 Å². The second-order valence-electron chi connectivity index (χ2n) is 12.6. The van der Waals surface area contributed by atoms with Crippen LogP contribution in [0.15, 0.2) is 158 Å². The number of aromatic nitrogens is 4. The molecular weight excluding hydrogens is 585 g/mol. The van der Waals surface area contributed by atoms with Crippen LogP contribution >= 0.6 is 0 Å². The highest BCUT2D eigenvalue weighted by molar-refractivity contribution is 6.27. The van der Waals surface area contributed by atoms with Gasteiger partial charge in [0.25, 0.3) is 0 Å². The number of nitrogens with zero attached hydrogens (tertiary/aromatic N) is 4. The molecule has 4 aromatic heterocycles. The van der Waals surface area contributed by atoms with Crippen LogP contribution in [0.1, 0.15) is 0 Å². The van der Waals surface area contributed by atoms with E-state index in [0.29, 0.717) is 0 Å². The Labute approximate surface area is 274 Å². The fraction of sp³-hybridized carbons (Fsp3) is 0. The molecule has 222 valence electrons. The number of benzene rings is 7. The van der Waals surface area contributed by atoms with Gasteiger partial charge in [0.2, 0.25) is 0 Å². The number of rotatable bonds is 2. The van der Waals surface area contributed by atoms with Crippen LogP contribution in [0.3, 0.4) is 0 Å². The monoisotopic (exact) mass is 610 g/mol. The summed E-state index contributed by atoms with van der Waals surface area (Å²) in [6, 6.07) is 52.6. The van der Waals surface area contributed by atoms with Gasteiger partial charge in [-0.25, -0.2) is 0 Å². The van der Waals surface area contributed by atoms with Crippen molar-refractivity contribution < 1.29 is 0 Å². The molecule has 0 saturated heterocycles. The number of hydrogen-bond donors (Lipinski definition) is 0. The summed E-state index contributed by atoms with van der Waals surface area (Å²) in [4.78, 5) is 9.83. The van der Waals surface area contributed by atoms with Crippen molar-refractivity contribution in [2.75, 3.05) is 0 Å². The molecule has 0 aliphatic rings. The van der Waals surface area contributed by atoms with E-state index < -0.39 is 0 Å². The highest BCUT2D eigenvalue weighted by Crippen LogP contribution is 2.44. The van der Waals surface area contributed by atoms with Gasteiger partial charge < -0.3 is 9.13 Å². The summed E-state index contributed by atoms with van der Waals surface area (Å²) >= 11 is 0. The third-order valence-electron chi connectivity index (χ3n) is 10.1. The summed E-state index contributed by atoms with van der Waals surface area (Å²) in [5.74, 6) is 0. The first-order chi connectivity index (χ1) is 23.8. The van der Waals surface area contributed by atoms with E-state index in [2.05, 4.69) is 143 Å². The molecule has 0 amide bonds. The Morgan fingerprint density at radius 1 is 0.333 bits per heavy atom. The third-order valence-corrected chi connectivity index (χ3v) is 10.1. The zero-order chi connectivity index (χ0) is 31.3. The van der Waals surface area contributed by atoms with Crippen LogP contribution in [0.5, 0.6) is 0 Å². The first-order valence-electron chi connectivity index (χ1n) is 16.3. The third kappa shape index (κ3) is 3.33. The second kappa shape index (κ2) is 9.50. The van der Waals surface area contributed by atoms with E-state index in [1.54, 1.807) is 0 Å². The van der Waals surface area contributed by atoms with Crippen LogP contribution in [-0.2, 0) is 0 Å². The standard InChI is InChI=1S/C44H26N4/c1-3-15-34-31(13-1)32-23-24-38-41(44(32)48(34)37-18-6-10-28-20-22-30-12-8-26-46-43(30)40(28)37)33-14-2-4-16-35(33)47(38)36-17-5-9-27-19-21-29-11-7-25-45-42(29)39(27)36/h1-26H. The van der Waals surface area contributed by atoms with Gasteiger partial charge in [0, 0.05) is 55.5 Å². The van der Waals surface area contributed by atoms with Crippen LogP contribution in [0.4, 0.5) is 0 Å². The largest absolute Gasteiger partial charge is 0.308 e. The van der Waals surface area contributed by atoms with Gasteiger partial charge in [-0.3, -0.25) is 9.97 Å². The van der Waals surface area contributed by atoms with E-state index in [1.807, 2.05) is 24.5 Å². The normalized spacial score (nSPS) is 12.2. The molecule has 11 aromatic rings. The Balaban J connectivity index is 1.37. The van der Waals surface area contributed by atoms with Gasteiger partial charge in [-0.05, 0) is 53.2 Å². The van der Waals surface area contributed by atoms with Crippen molar-refractivity contribution in [2.24, 2.45) is 0 Å². The Morgan fingerprint density at radius 3 is 1.54 bits per heavy atom. The lowest BCUT2D eigenvalue weighted by Crippen LogP contribution is -1.98. The van der Waals surface area contributed by atoms with Gasteiger partial charge in [-0.15, -0.1) is 0 Å². The average Bonchev–Trinajstić information content (AvgIpc) is 3.67. The van der Waals surface area contributed by atoms with Crippen LogP contribution < -0.4 is 0 Å². The summed E-state index contributed by atoms with van der Waals surface area (Å²) in [5, 5.41) is 11.9. The summed E-state index contributed by atoms with van der Waals surface area (Å²) in [6.45, 7) is 0. The molecule has 0 unspecified atom stereocenters. The molecule has 48 heavy (non-hydrogen) atoms. The van der Waals surface area contributed by atoms with E-state index in [0.717, 1.165) is 49.5 Å². The Hall–Kier alpha value is -6.52. The fourth-order valence-corrected chi connectivity index (χ4v) is 8.18. The zero-order valence-corrected chi connectivity index (χ0v) is 25.8. The van der Waals surface area contributed by atoms with Gasteiger partial charge in [-0.2, -0.15) is 0 Å². The van der Waals surface area contributed by atoms with Crippen molar-refractivity contribution in [1.82, 2.24) is 19.1 Å². The first kappa shape index (κ1) is 25.6. The smallest absolute Gasteiger partial charge is 0.0801 e. The molecule has 0 atom stereocenters. The highest BCUT2D eigenvalue weighted by atomic mass is 15.0. The first-order valence-corrected chi connectivity index (χ1v) is 16.3. The molecule has 7 aromatic carbocycles. The van der Waals surface area contributed by atoms with Crippen molar-refractivity contribution in [3.8, 4) is 11.4 Å². The van der Waals surface area contributed by atoms with E-state index in [1.165, 1.54) is 48.9 Å². The molecule has 4 heterocycles. The van der Waals surface area contributed by atoms with Gasteiger partial charge >= 0.3 is 0 Å². The molecule has 0 saturated carbocycles. The number of para-hydroxylation sites is 2. The lowest BCUT2D eigenvalue weighted by molar-refractivity contribution is 1.19. The summed E-state index contributed by atoms with van der Waals surface area (Å²) in [6.07, 6.45) is 3.80. The minimum absolute atomic E-state index is 1.02. The number of fused-ring (bicyclic) bond motifs is 13. The van der Waals surface area contributed by atoms with Crippen molar-refractivity contribution in [1.29, 1.82) is 0 Å². The molecule has 0 radical (unpaired) electrons. The molecule has 0 aliphatic carbocycles. The molecule has 0 spiro atoms. The maximum absolute atomic E-state index is 4.93. The summed E-state index contributed by atoms with van der Waals surface area (Å²) in [5.41, 5.74) is 9.00. The van der Waals surface area contributed by atoms with Crippen LogP contribution in [-0.4, -0.2) is 19.1 Å². The minimum atomic E-state index is 1.02. The van der Waals surface area contributed by atoms with E-state index in [9.17, 15) is 0 Å².